The molecule has 18 aromatic rings. The summed E-state index contributed by atoms with van der Waals surface area (Å²) in [5.74, 6) is -6.09. The molecule has 0 fully saturated rings. The van der Waals surface area contributed by atoms with Crippen LogP contribution in [0, 0.1) is 136 Å². The van der Waals surface area contributed by atoms with Gasteiger partial charge in [0, 0.05) is 92.4 Å². The summed E-state index contributed by atoms with van der Waals surface area (Å²) >= 11 is 0. The summed E-state index contributed by atoms with van der Waals surface area (Å²) < 4.78 is 219. The Hall–Kier alpha value is -15.2. The van der Waals surface area contributed by atoms with Crippen molar-refractivity contribution in [1.82, 2.24) is 58.7 Å². The molecule has 0 amide bonds. The average Bonchev–Trinajstić information content (AvgIpc) is 1.65. The minimum Gasteiger partial charge on any atom is -0.268 e. The first kappa shape index (κ1) is 104. The number of hydrogen-bond acceptors (Lipinski definition) is 6. The fraction of sp³-hybridized carbons (Fsp3) is 0.217. The molecule has 0 bridgehead atoms. The smallest absolute Gasteiger partial charge is 0.132 e. The van der Waals surface area contributed by atoms with Gasteiger partial charge in [0.2, 0.25) is 0 Å². The Balaban J connectivity index is 0.000000143. The number of aromatic nitrogens is 12. The summed E-state index contributed by atoms with van der Waals surface area (Å²) in [6, 6.07) is 71.0. The highest BCUT2D eigenvalue weighted by molar-refractivity contribution is 5.66. The molecule has 0 aliphatic carbocycles. The lowest BCUT2D eigenvalue weighted by atomic mass is 9.99. The Labute approximate surface area is 816 Å². The van der Waals surface area contributed by atoms with Gasteiger partial charge in [-0.3, -0.25) is 28.1 Å². The first-order valence-electron chi connectivity index (χ1n) is 46.2. The van der Waals surface area contributed by atoms with Crippen LogP contribution in [0.15, 0.2) is 267 Å². The third-order valence-corrected chi connectivity index (χ3v) is 24.4. The third-order valence-electron chi connectivity index (χ3n) is 24.4. The molecule has 142 heavy (non-hydrogen) atoms. The highest BCUT2D eigenvalue weighted by Crippen LogP contribution is 2.34. The van der Waals surface area contributed by atoms with E-state index in [1.54, 1.807) is 154 Å². The molecule has 27 heteroatoms. The highest BCUT2D eigenvalue weighted by atomic mass is 19.2. The van der Waals surface area contributed by atoms with Gasteiger partial charge < -0.3 is 0 Å². The highest BCUT2D eigenvalue weighted by Gasteiger charge is 2.22. The van der Waals surface area contributed by atoms with E-state index in [-0.39, 0.29) is 94.7 Å². The molecule has 12 aromatic carbocycles. The van der Waals surface area contributed by atoms with Crippen molar-refractivity contribution in [3.05, 3.63) is 461 Å². The quantitative estimate of drug-likeness (QED) is 0.0558. The van der Waals surface area contributed by atoms with Crippen molar-refractivity contribution in [2.24, 2.45) is 42.3 Å². The van der Waals surface area contributed by atoms with Gasteiger partial charge in [-0.15, -0.1) is 0 Å². The van der Waals surface area contributed by atoms with E-state index in [1.165, 1.54) is 109 Å². The molecule has 6 heterocycles. The minimum absolute atomic E-state index is 0.0109. The predicted octanol–water partition coefficient (Wildman–Crippen LogP) is 27.5. The van der Waals surface area contributed by atoms with Crippen LogP contribution in [-0.4, -0.2) is 58.7 Å². The number of hydrogen-bond donors (Lipinski definition) is 0. The monoisotopic (exact) mass is 1940 g/mol. The molecule has 0 spiro atoms. The molecule has 0 atom stereocenters. The van der Waals surface area contributed by atoms with Gasteiger partial charge in [0.15, 0.2) is 0 Å². The lowest BCUT2D eigenvalue weighted by molar-refractivity contribution is 0.550. The molecular weight excluding hydrogens is 1830 g/mol. The molecule has 12 nitrogen and oxygen atoms in total. The van der Waals surface area contributed by atoms with Gasteiger partial charge in [-0.2, -0.15) is 30.6 Å². The topological polar surface area (TPSA) is 107 Å². The van der Waals surface area contributed by atoms with Crippen molar-refractivity contribution in [3.8, 4) is 67.5 Å². The summed E-state index contributed by atoms with van der Waals surface area (Å²) in [5, 5.41) is 25.4. The molecule has 0 saturated heterocycles. The van der Waals surface area contributed by atoms with Crippen LogP contribution < -0.4 is 0 Å². The van der Waals surface area contributed by atoms with E-state index in [9.17, 15) is 65.9 Å². The summed E-state index contributed by atoms with van der Waals surface area (Å²) in [7, 11) is 10.8. The van der Waals surface area contributed by atoms with Crippen LogP contribution in [-0.2, 0) is 119 Å². The van der Waals surface area contributed by atoms with Crippen molar-refractivity contribution in [2.45, 2.75) is 126 Å². The molecular formula is C115H107F15N12. The largest absolute Gasteiger partial charge is 0.268 e. The van der Waals surface area contributed by atoms with Crippen LogP contribution in [0.5, 0.6) is 0 Å². The van der Waals surface area contributed by atoms with Gasteiger partial charge in [0.05, 0.1) is 68.3 Å². The maximum Gasteiger partial charge on any atom is 0.132 e. The summed E-state index contributed by atoms with van der Waals surface area (Å²) in [6.07, 6.45) is 4.69. The van der Waals surface area contributed by atoms with Crippen LogP contribution in [0.2, 0.25) is 0 Å². The first-order valence-corrected chi connectivity index (χ1v) is 46.2. The minimum atomic E-state index is -0.600. The van der Waals surface area contributed by atoms with Crippen molar-refractivity contribution in [2.75, 3.05) is 0 Å². The fourth-order valence-corrected chi connectivity index (χ4v) is 17.0. The Kier molecular flexibility index (Phi) is 35.0. The van der Waals surface area contributed by atoms with E-state index in [2.05, 4.69) is 30.6 Å². The Morgan fingerprint density at radius 3 is 0.648 bits per heavy atom. The fourth-order valence-electron chi connectivity index (χ4n) is 17.0. The van der Waals surface area contributed by atoms with Crippen LogP contribution >= 0.6 is 0 Å². The predicted molar refractivity (Wildman–Crippen MR) is 527 cm³/mol. The zero-order chi connectivity index (χ0) is 102. The third kappa shape index (κ3) is 26.9. The molecule has 6 aromatic heterocycles. The Bertz CT molecular complexity index is 7030. The van der Waals surface area contributed by atoms with Crippen molar-refractivity contribution >= 4 is 0 Å². The van der Waals surface area contributed by atoms with E-state index in [0.717, 1.165) is 84.8 Å². The van der Waals surface area contributed by atoms with E-state index in [0.29, 0.717) is 124 Å². The second-order valence-electron chi connectivity index (χ2n) is 35.0. The maximum atomic E-state index is 14.5. The van der Waals surface area contributed by atoms with E-state index in [4.69, 9.17) is 0 Å². The molecule has 0 radical (unpaired) electrons. The van der Waals surface area contributed by atoms with Gasteiger partial charge in [-0.1, -0.05) is 115 Å². The van der Waals surface area contributed by atoms with Gasteiger partial charge >= 0.3 is 0 Å². The van der Waals surface area contributed by atoms with Gasteiger partial charge in [0.1, 0.15) is 87.3 Å². The number of halogens is 15. The van der Waals surface area contributed by atoms with Gasteiger partial charge in [-0.25, -0.2) is 65.9 Å². The maximum absolute atomic E-state index is 14.5. The van der Waals surface area contributed by atoms with E-state index < -0.39 is 34.9 Å². The zero-order valence-corrected chi connectivity index (χ0v) is 80.9. The second-order valence-corrected chi connectivity index (χ2v) is 35.0. The Morgan fingerprint density at radius 1 is 0.176 bits per heavy atom. The van der Waals surface area contributed by atoms with Crippen LogP contribution in [0.4, 0.5) is 65.9 Å². The molecule has 732 valence electrons. The molecule has 0 unspecified atom stereocenters. The van der Waals surface area contributed by atoms with E-state index in [1.807, 2.05) is 122 Å². The molecule has 0 N–H and O–H groups in total. The summed E-state index contributed by atoms with van der Waals surface area (Å²) in [6.45, 7) is 13.1. The average molecular weight is 1940 g/mol. The number of aryl methyl sites for hydroxylation is 21. The van der Waals surface area contributed by atoms with Crippen LogP contribution in [0.25, 0.3) is 67.5 Å². The first-order chi connectivity index (χ1) is 67.9. The number of benzene rings is 12. The van der Waals surface area contributed by atoms with Crippen molar-refractivity contribution < 1.29 is 65.9 Å². The normalized spacial score (nSPS) is 11.0. The van der Waals surface area contributed by atoms with Crippen LogP contribution in [0.3, 0.4) is 0 Å². The Morgan fingerprint density at radius 2 is 0.394 bits per heavy atom. The standard InChI is InChI=1S/C20H20F2N2.3C19H17F3N2.2C19H18F2N2/c1-13-5-4-6-18(21)16(13)9-7-15-8-10-17(19(22)12-15)20-11-14(2)23-24(20)3;2*1-12-10-19(24(2)23-12)15-9-7-13(11-18(15)22)6-8-14-16(20)4-3-5-17(14)21;1-12-10-19(24(2)23-12)14-7-6-13(18(22)11-14)8-9-15-16(20)4-3-5-17(15)21;1-13-11-19(23(2)22-13)16-10-8-14(12-18(16)21)7-9-15-5-3-4-6-17(15)20;1-13-11-19(23(2)22-13)16-10-9-15(18(21)12-16)8-7-14-5-3-4-6-17(14)20/h4-6,8,10-12H,7,9H2,1-3H3;2*3-5,7,9-11H,6,8H2,1-2H3;3-7,10-11H,8-9H2,1-2H3;3-6,8,10-12H,7,9H2,1-2H3;3-6,9-12H,7-8H2,1-2H3. The summed E-state index contributed by atoms with van der Waals surface area (Å²) in [4.78, 5) is 0. The van der Waals surface area contributed by atoms with Crippen molar-refractivity contribution in [3.63, 3.8) is 0 Å². The molecule has 0 aliphatic heterocycles. The summed E-state index contributed by atoms with van der Waals surface area (Å²) in [5.41, 5.74) is 20.2. The van der Waals surface area contributed by atoms with Crippen LogP contribution in [0.1, 0.15) is 106 Å². The zero-order valence-electron chi connectivity index (χ0n) is 80.9. The number of nitrogens with zero attached hydrogens (tertiary/aromatic N) is 12. The second kappa shape index (κ2) is 47.7. The van der Waals surface area contributed by atoms with Crippen molar-refractivity contribution in [1.29, 1.82) is 0 Å². The SMILES string of the molecule is Cc1cc(-c2ccc(CCc3c(C)cccc3F)cc2F)n(C)n1.Cc1cc(-c2ccc(CCc3c(F)cccc3F)c(F)c2)n(C)n1.Cc1cc(-c2ccc(CCc3c(F)cccc3F)cc2F)n(C)n1.Cc1cc(-c2ccc(CCc3c(F)cccc3F)cc2F)n(C)n1.Cc1cc(-c2ccc(CCc3ccccc3F)c(F)c2)n(C)n1.Cc1cc(-c2ccc(CCc3ccccc3F)cc2F)n(C)n1. The molecule has 0 aliphatic rings. The molecule has 18 rings (SSSR count). The van der Waals surface area contributed by atoms with Gasteiger partial charge in [0.25, 0.3) is 0 Å². The number of rotatable bonds is 24. The lowest BCUT2D eigenvalue weighted by Crippen LogP contribution is -2.01. The molecule has 0 saturated carbocycles. The van der Waals surface area contributed by atoms with E-state index >= 15 is 0 Å². The lowest BCUT2D eigenvalue weighted by Gasteiger charge is -2.09. The van der Waals surface area contributed by atoms with Gasteiger partial charge in [-0.05, 0) is 333 Å².